The predicted octanol–water partition coefficient (Wildman–Crippen LogP) is 2.37. The van der Waals surface area contributed by atoms with Crippen molar-refractivity contribution >= 4 is 17.4 Å². The van der Waals surface area contributed by atoms with Gasteiger partial charge in [0.1, 0.15) is 5.75 Å². The van der Waals surface area contributed by atoms with Crippen LogP contribution >= 0.6 is 11.6 Å². The van der Waals surface area contributed by atoms with Crippen molar-refractivity contribution in [1.29, 1.82) is 0 Å². The molecule has 0 saturated heterocycles. The van der Waals surface area contributed by atoms with Crippen molar-refractivity contribution in [1.82, 2.24) is 20.6 Å². The number of nitrogens with zero attached hydrogens (tertiary/aromatic N) is 3. The summed E-state index contributed by atoms with van der Waals surface area (Å²) in [6, 6.07) is 5.20. The third-order valence-corrected chi connectivity index (χ3v) is 3.03. The molecule has 2 heterocycles. The second-order valence-corrected chi connectivity index (χ2v) is 4.41. The van der Waals surface area contributed by atoms with E-state index in [1.807, 2.05) is 0 Å². The van der Waals surface area contributed by atoms with Crippen LogP contribution in [0.3, 0.4) is 0 Å². The molecule has 3 aromatic rings. The molecule has 1 aromatic carbocycles. The smallest absolute Gasteiger partial charge is 0.198 e. The number of halogens is 1. The number of nitrogens with one attached hydrogen (secondary N) is 1. The Balaban J connectivity index is 2.25. The molecular weight excluding hydrogens is 282 g/mol. The number of nitrogen functional groups attached to an aromatic ring is 1. The van der Waals surface area contributed by atoms with E-state index >= 15 is 0 Å². The fourth-order valence-corrected chi connectivity index (χ4v) is 2.10. The number of methoxy groups -OCH3 is 1. The van der Waals surface area contributed by atoms with Crippen molar-refractivity contribution < 1.29 is 9.26 Å². The van der Waals surface area contributed by atoms with Gasteiger partial charge in [-0.05, 0) is 18.2 Å². The highest BCUT2D eigenvalue weighted by molar-refractivity contribution is 6.31. The van der Waals surface area contributed by atoms with E-state index in [4.69, 9.17) is 26.6 Å². The Kier molecular flexibility index (Phi) is 3.03. The average molecular weight is 292 g/mol. The van der Waals surface area contributed by atoms with E-state index in [1.54, 1.807) is 25.3 Å². The number of rotatable bonds is 3. The number of aromatic nitrogens is 4. The molecule has 7 nitrogen and oxygen atoms in total. The number of nitrogens with two attached hydrogens (primary N) is 1. The van der Waals surface area contributed by atoms with E-state index in [0.29, 0.717) is 33.4 Å². The molecule has 20 heavy (non-hydrogen) atoms. The zero-order valence-corrected chi connectivity index (χ0v) is 11.2. The summed E-state index contributed by atoms with van der Waals surface area (Å²) in [6.07, 6.45) is 1.51. The van der Waals surface area contributed by atoms with Gasteiger partial charge < -0.3 is 15.0 Å². The zero-order chi connectivity index (χ0) is 14.1. The van der Waals surface area contributed by atoms with Crippen LogP contribution in [0.15, 0.2) is 28.9 Å². The third-order valence-electron chi connectivity index (χ3n) is 2.80. The molecule has 0 aliphatic carbocycles. The summed E-state index contributed by atoms with van der Waals surface area (Å²) < 4.78 is 10.6. The summed E-state index contributed by atoms with van der Waals surface area (Å²) in [5.41, 5.74) is 7.63. The number of aromatic amines is 1. The minimum Gasteiger partial charge on any atom is -0.496 e. The molecule has 0 saturated carbocycles. The minimum absolute atomic E-state index is 0.226. The third kappa shape index (κ3) is 1.97. The molecule has 0 fully saturated rings. The quantitative estimate of drug-likeness (QED) is 0.768. The van der Waals surface area contributed by atoms with E-state index < -0.39 is 0 Å². The van der Waals surface area contributed by atoms with Crippen LogP contribution in [0.5, 0.6) is 5.75 Å². The Labute approximate surface area is 118 Å². The summed E-state index contributed by atoms with van der Waals surface area (Å²) in [4.78, 5) is 0. The standard InChI is InChI=1S/C12H10ClN5O2/c1-19-9-3-2-6(13)4-7(9)10-11(20-17-12(10)14)8-5-15-18-16-8/h2-5H,1H3,(H2,14,17)(H,15,16,18). The van der Waals surface area contributed by atoms with Gasteiger partial charge in [0.25, 0.3) is 0 Å². The highest BCUT2D eigenvalue weighted by Crippen LogP contribution is 2.41. The van der Waals surface area contributed by atoms with Crippen molar-refractivity contribution in [3.8, 4) is 28.3 Å². The number of H-pyrrole nitrogens is 1. The number of hydrogen-bond acceptors (Lipinski definition) is 6. The van der Waals surface area contributed by atoms with E-state index in [0.717, 1.165) is 0 Å². The van der Waals surface area contributed by atoms with Gasteiger partial charge in [0.2, 0.25) is 0 Å². The molecule has 8 heteroatoms. The molecule has 0 aliphatic rings. The summed E-state index contributed by atoms with van der Waals surface area (Å²) in [7, 11) is 1.56. The van der Waals surface area contributed by atoms with Crippen LogP contribution in [0.25, 0.3) is 22.6 Å². The summed E-state index contributed by atoms with van der Waals surface area (Å²) >= 11 is 6.04. The van der Waals surface area contributed by atoms with Gasteiger partial charge in [0.05, 0.1) is 18.9 Å². The van der Waals surface area contributed by atoms with E-state index in [9.17, 15) is 0 Å². The van der Waals surface area contributed by atoms with Gasteiger partial charge in [-0.1, -0.05) is 16.8 Å². The Hall–Kier alpha value is -2.54. The molecule has 3 rings (SSSR count). The van der Waals surface area contributed by atoms with Crippen molar-refractivity contribution in [3.05, 3.63) is 29.4 Å². The molecule has 0 unspecified atom stereocenters. The Morgan fingerprint density at radius 3 is 2.95 bits per heavy atom. The van der Waals surface area contributed by atoms with E-state index in [2.05, 4.69) is 20.6 Å². The average Bonchev–Trinajstić information content (AvgIpc) is 3.07. The van der Waals surface area contributed by atoms with Gasteiger partial charge >= 0.3 is 0 Å². The molecule has 3 N–H and O–H groups in total. The van der Waals surface area contributed by atoms with E-state index in [-0.39, 0.29) is 5.82 Å². The largest absolute Gasteiger partial charge is 0.496 e. The fraction of sp³-hybridized carbons (Fsp3) is 0.0833. The highest BCUT2D eigenvalue weighted by atomic mass is 35.5. The van der Waals surface area contributed by atoms with Crippen molar-refractivity contribution in [2.45, 2.75) is 0 Å². The van der Waals surface area contributed by atoms with Gasteiger partial charge in [0, 0.05) is 10.6 Å². The topological polar surface area (TPSA) is 103 Å². The summed E-state index contributed by atoms with van der Waals surface area (Å²) in [5.74, 6) is 1.23. The molecular formula is C12H10ClN5O2. The van der Waals surface area contributed by atoms with Crippen molar-refractivity contribution in [2.24, 2.45) is 0 Å². The number of ether oxygens (including phenoxy) is 1. The first-order chi connectivity index (χ1) is 9.70. The van der Waals surface area contributed by atoms with Gasteiger partial charge in [-0.3, -0.25) is 0 Å². The van der Waals surface area contributed by atoms with Gasteiger partial charge in [-0.25, -0.2) is 0 Å². The molecule has 0 bridgehead atoms. The molecule has 0 atom stereocenters. The van der Waals surface area contributed by atoms with Crippen LogP contribution in [0.2, 0.25) is 5.02 Å². The summed E-state index contributed by atoms with van der Waals surface area (Å²) in [6.45, 7) is 0. The first-order valence-electron chi connectivity index (χ1n) is 5.66. The van der Waals surface area contributed by atoms with E-state index in [1.165, 1.54) is 6.20 Å². The lowest BCUT2D eigenvalue weighted by Crippen LogP contribution is -1.93. The van der Waals surface area contributed by atoms with Crippen LogP contribution in [-0.4, -0.2) is 27.7 Å². The van der Waals surface area contributed by atoms with Crippen molar-refractivity contribution in [2.75, 3.05) is 12.8 Å². The van der Waals surface area contributed by atoms with Gasteiger partial charge in [0.15, 0.2) is 17.3 Å². The van der Waals surface area contributed by atoms with Crippen molar-refractivity contribution in [3.63, 3.8) is 0 Å². The zero-order valence-electron chi connectivity index (χ0n) is 10.4. The van der Waals surface area contributed by atoms with Gasteiger partial charge in [-0.15, -0.1) is 0 Å². The maximum Gasteiger partial charge on any atom is 0.198 e. The highest BCUT2D eigenvalue weighted by Gasteiger charge is 2.22. The van der Waals surface area contributed by atoms with Crippen LogP contribution < -0.4 is 10.5 Å². The Morgan fingerprint density at radius 2 is 2.25 bits per heavy atom. The predicted molar refractivity (Wildman–Crippen MR) is 73.3 cm³/mol. The summed E-state index contributed by atoms with van der Waals surface area (Å²) in [5, 5.41) is 14.5. The maximum atomic E-state index is 6.04. The van der Waals surface area contributed by atoms with Crippen LogP contribution in [0.4, 0.5) is 5.82 Å². The monoisotopic (exact) mass is 291 g/mol. The second kappa shape index (κ2) is 4.86. The Morgan fingerprint density at radius 1 is 1.40 bits per heavy atom. The first kappa shape index (κ1) is 12.5. The number of anilines is 1. The Bertz CT molecular complexity index is 738. The lowest BCUT2D eigenvalue weighted by molar-refractivity contribution is 0.416. The first-order valence-corrected chi connectivity index (χ1v) is 6.03. The minimum atomic E-state index is 0.226. The molecule has 0 amide bonds. The maximum absolute atomic E-state index is 6.04. The fourth-order valence-electron chi connectivity index (χ4n) is 1.92. The lowest BCUT2D eigenvalue weighted by Gasteiger charge is -2.08. The van der Waals surface area contributed by atoms with Gasteiger partial charge in [-0.2, -0.15) is 15.4 Å². The SMILES string of the molecule is COc1ccc(Cl)cc1-c1c(N)noc1-c1cn[nH]n1. The molecule has 0 radical (unpaired) electrons. The normalized spacial score (nSPS) is 10.7. The van der Waals surface area contributed by atoms with Crippen LogP contribution in [0.1, 0.15) is 0 Å². The molecule has 0 spiro atoms. The molecule has 102 valence electrons. The molecule has 0 aliphatic heterocycles. The lowest BCUT2D eigenvalue weighted by atomic mass is 10.0. The number of benzene rings is 1. The molecule has 2 aromatic heterocycles. The van der Waals surface area contributed by atoms with Crippen LogP contribution in [0, 0.1) is 0 Å². The number of hydrogen-bond donors (Lipinski definition) is 2. The van der Waals surface area contributed by atoms with Crippen LogP contribution in [-0.2, 0) is 0 Å². The second-order valence-electron chi connectivity index (χ2n) is 3.97.